The average Bonchev–Trinajstić information content (AvgIpc) is 2.60. The first-order chi connectivity index (χ1) is 8.10. The van der Waals surface area contributed by atoms with E-state index in [0.29, 0.717) is 6.61 Å². The molecule has 0 amide bonds. The van der Waals surface area contributed by atoms with Gasteiger partial charge < -0.3 is 15.4 Å². The van der Waals surface area contributed by atoms with Gasteiger partial charge in [-0.2, -0.15) is 0 Å². The number of hydrogen-bond donors (Lipinski definition) is 1. The lowest BCUT2D eigenvalue weighted by Gasteiger charge is -2.31. The van der Waals surface area contributed by atoms with Gasteiger partial charge in [-0.3, -0.25) is 4.98 Å². The normalized spacial score (nSPS) is 28.8. The minimum Gasteiger partial charge on any atom is -0.379 e. The number of pyridine rings is 1. The maximum atomic E-state index is 6.09. The highest BCUT2D eigenvalue weighted by atomic mass is 16.5. The lowest BCUT2D eigenvalue weighted by Crippen LogP contribution is -2.45. The first-order valence-corrected chi connectivity index (χ1v) is 6.01. The summed E-state index contributed by atoms with van der Waals surface area (Å²) in [5.41, 5.74) is 7.39. The SMILES string of the molecule is CN(Cc1cccnc1)CC1(C)COCC1N. The number of ether oxygens (including phenoxy) is 1. The number of rotatable bonds is 4. The molecule has 94 valence electrons. The molecule has 2 N–H and O–H groups in total. The van der Waals surface area contributed by atoms with E-state index in [1.807, 2.05) is 12.3 Å². The Kier molecular flexibility index (Phi) is 3.76. The van der Waals surface area contributed by atoms with Crippen LogP contribution in [0.15, 0.2) is 24.5 Å². The van der Waals surface area contributed by atoms with Gasteiger partial charge in [0.05, 0.1) is 13.2 Å². The fourth-order valence-corrected chi connectivity index (χ4v) is 2.37. The Hall–Kier alpha value is -0.970. The number of aromatic nitrogens is 1. The summed E-state index contributed by atoms with van der Waals surface area (Å²) < 4.78 is 5.46. The monoisotopic (exact) mass is 235 g/mol. The highest BCUT2D eigenvalue weighted by molar-refractivity contribution is 5.08. The van der Waals surface area contributed by atoms with E-state index < -0.39 is 0 Å². The van der Waals surface area contributed by atoms with Crippen molar-refractivity contribution in [2.75, 3.05) is 26.8 Å². The van der Waals surface area contributed by atoms with Gasteiger partial charge in [0, 0.05) is 36.9 Å². The lowest BCUT2D eigenvalue weighted by atomic mass is 9.85. The minimum absolute atomic E-state index is 0.0664. The number of hydrogen-bond acceptors (Lipinski definition) is 4. The Labute approximate surface area is 103 Å². The van der Waals surface area contributed by atoms with Crippen molar-refractivity contribution in [2.45, 2.75) is 19.5 Å². The van der Waals surface area contributed by atoms with E-state index in [0.717, 1.165) is 19.7 Å². The molecule has 0 radical (unpaired) electrons. The van der Waals surface area contributed by atoms with Crippen molar-refractivity contribution in [3.8, 4) is 0 Å². The number of nitrogens with two attached hydrogens (primary N) is 1. The Morgan fingerprint density at radius 3 is 3.06 bits per heavy atom. The van der Waals surface area contributed by atoms with Crippen LogP contribution in [0.3, 0.4) is 0 Å². The van der Waals surface area contributed by atoms with Crippen molar-refractivity contribution in [1.82, 2.24) is 9.88 Å². The topological polar surface area (TPSA) is 51.4 Å². The van der Waals surface area contributed by atoms with Crippen LogP contribution in [0.5, 0.6) is 0 Å². The predicted octanol–water partition coefficient (Wildman–Crippen LogP) is 0.877. The van der Waals surface area contributed by atoms with E-state index in [4.69, 9.17) is 10.5 Å². The molecule has 0 aliphatic carbocycles. The molecule has 17 heavy (non-hydrogen) atoms. The van der Waals surface area contributed by atoms with Crippen molar-refractivity contribution < 1.29 is 4.74 Å². The molecule has 0 aromatic carbocycles. The number of nitrogens with zero attached hydrogens (tertiary/aromatic N) is 2. The summed E-state index contributed by atoms with van der Waals surface area (Å²) in [6, 6.07) is 4.20. The molecule has 1 fully saturated rings. The summed E-state index contributed by atoms with van der Waals surface area (Å²) in [7, 11) is 2.11. The van der Waals surface area contributed by atoms with Crippen molar-refractivity contribution in [3.63, 3.8) is 0 Å². The Balaban J connectivity index is 1.91. The largest absolute Gasteiger partial charge is 0.379 e. The van der Waals surface area contributed by atoms with Crippen molar-refractivity contribution in [2.24, 2.45) is 11.1 Å². The molecule has 1 saturated heterocycles. The Bertz CT molecular complexity index is 357. The predicted molar refractivity (Wildman–Crippen MR) is 67.5 cm³/mol. The van der Waals surface area contributed by atoms with E-state index in [1.165, 1.54) is 5.56 Å². The molecule has 0 saturated carbocycles. The molecule has 4 heteroatoms. The summed E-state index contributed by atoms with van der Waals surface area (Å²) >= 11 is 0. The Morgan fingerprint density at radius 1 is 1.65 bits per heavy atom. The molecule has 2 heterocycles. The van der Waals surface area contributed by atoms with Crippen LogP contribution in [0.4, 0.5) is 0 Å². The Morgan fingerprint density at radius 2 is 2.47 bits per heavy atom. The molecule has 2 rings (SSSR count). The maximum absolute atomic E-state index is 6.09. The van der Waals surface area contributed by atoms with Gasteiger partial charge in [-0.25, -0.2) is 0 Å². The third-order valence-corrected chi connectivity index (χ3v) is 3.43. The van der Waals surface area contributed by atoms with Crippen LogP contribution in [-0.4, -0.2) is 42.7 Å². The second kappa shape index (κ2) is 5.12. The maximum Gasteiger partial charge on any atom is 0.0624 e. The zero-order valence-electron chi connectivity index (χ0n) is 10.6. The third-order valence-electron chi connectivity index (χ3n) is 3.43. The molecule has 1 aliphatic rings. The summed E-state index contributed by atoms with van der Waals surface area (Å²) in [6.45, 7) is 5.48. The first-order valence-electron chi connectivity index (χ1n) is 6.01. The standard InChI is InChI=1S/C13H21N3O/c1-13(10-17-8-12(13)14)9-16(2)7-11-4-3-5-15-6-11/h3-6,12H,7-10,14H2,1-2H3. The molecule has 4 nitrogen and oxygen atoms in total. The molecule has 1 aliphatic heterocycles. The van der Waals surface area contributed by atoms with E-state index in [2.05, 4.69) is 29.9 Å². The molecule has 1 aromatic rings. The van der Waals surface area contributed by atoms with Gasteiger partial charge in [-0.15, -0.1) is 0 Å². The van der Waals surface area contributed by atoms with Crippen molar-refractivity contribution in [3.05, 3.63) is 30.1 Å². The smallest absolute Gasteiger partial charge is 0.0624 e. The van der Waals surface area contributed by atoms with Crippen LogP contribution in [0, 0.1) is 5.41 Å². The van der Waals surface area contributed by atoms with Gasteiger partial charge >= 0.3 is 0 Å². The highest BCUT2D eigenvalue weighted by Crippen LogP contribution is 2.28. The van der Waals surface area contributed by atoms with Crippen LogP contribution in [0.25, 0.3) is 0 Å². The van der Waals surface area contributed by atoms with Gasteiger partial charge in [0.1, 0.15) is 0 Å². The van der Waals surface area contributed by atoms with E-state index in [-0.39, 0.29) is 11.5 Å². The fraction of sp³-hybridized carbons (Fsp3) is 0.615. The van der Waals surface area contributed by atoms with Crippen LogP contribution in [-0.2, 0) is 11.3 Å². The van der Waals surface area contributed by atoms with E-state index >= 15 is 0 Å². The molecular weight excluding hydrogens is 214 g/mol. The van der Waals surface area contributed by atoms with Crippen molar-refractivity contribution >= 4 is 0 Å². The zero-order valence-corrected chi connectivity index (χ0v) is 10.6. The minimum atomic E-state index is 0.0664. The summed E-state index contributed by atoms with van der Waals surface area (Å²) in [6.07, 6.45) is 3.70. The quantitative estimate of drug-likeness (QED) is 0.841. The van der Waals surface area contributed by atoms with Crippen LogP contribution in [0.2, 0.25) is 0 Å². The fourth-order valence-electron chi connectivity index (χ4n) is 2.37. The van der Waals surface area contributed by atoms with Gasteiger partial charge in [0.15, 0.2) is 0 Å². The van der Waals surface area contributed by atoms with Gasteiger partial charge in [-0.1, -0.05) is 13.0 Å². The summed E-state index contributed by atoms with van der Waals surface area (Å²) in [5, 5.41) is 0. The molecule has 1 aromatic heterocycles. The second-order valence-electron chi connectivity index (χ2n) is 5.31. The van der Waals surface area contributed by atoms with Gasteiger partial charge in [0.25, 0.3) is 0 Å². The van der Waals surface area contributed by atoms with Crippen molar-refractivity contribution in [1.29, 1.82) is 0 Å². The van der Waals surface area contributed by atoms with E-state index in [9.17, 15) is 0 Å². The average molecular weight is 235 g/mol. The van der Waals surface area contributed by atoms with Crippen LogP contribution < -0.4 is 5.73 Å². The van der Waals surface area contributed by atoms with Gasteiger partial charge in [-0.05, 0) is 18.7 Å². The highest BCUT2D eigenvalue weighted by Gasteiger charge is 2.38. The lowest BCUT2D eigenvalue weighted by molar-refractivity contribution is 0.128. The third kappa shape index (κ3) is 3.03. The first kappa shape index (κ1) is 12.5. The van der Waals surface area contributed by atoms with Crippen LogP contribution >= 0.6 is 0 Å². The van der Waals surface area contributed by atoms with E-state index in [1.54, 1.807) is 6.20 Å². The molecule has 0 spiro atoms. The molecular formula is C13H21N3O. The van der Waals surface area contributed by atoms with Gasteiger partial charge in [0.2, 0.25) is 0 Å². The molecule has 2 unspecified atom stereocenters. The van der Waals surface area contributed by atoms with Crippen LogP contribution in [0.1, 0.15) is 12.5 Å². The summed E-state index contributed by atoms with van der Waals surface area (Å²) in [4.78, 5) is 6.41. The molecule has 2 atom stereocenters. The second-order valence-corrected chi connectivity index (χ2v) is 5.31. The molecule has 0 bridgehead atoms. The zero-order chi connectivity index (χ0) is 12.3. The summed E-state index contributed by atoms with van der Waals surface area (Å²) in [5.74, 6) is 0.